The second-order valence-corrected chi connectivity index (χ2v) is 5.59. The van der Waals surface area contributed by atoms with Gasteiger partial charge in [0.2, 0.25) is 0 Å². The molecule has 1 saturated carbocycles. The molecular formula is C15H23N3. The summed E-state index contributed by atoms with van der Waals surface area (Å²) in [6.07, 6.45) is 2.83. The number of piperazine rings is 1. The topological polar surface area (TPSA) is 32.5 Å². The van der Waals surface area contributed by atoms with Gasteiger partial charge in [-0.2, -0.15) is 0 Å². The zero-order chi connectivity index (χ0) is 12.5. The number of anilines is 1. The molecule has 0 unspecified atom stereocenters. The highest BCUT2D eigenvalue weighted by atomic mass is 15.3. The molecule has 1 aliphatic carbocycles. The highest BCUT2D eigenvalue weighted by Crippen LogP contribution is 2.29. The van der Waals surface area contributed by atoms with Crippen molar-refractivity contribution in [3.8, 4) is 0 Å². The van der Waals surface area contributed by atoms with E-state index in [1.54, 1.807) is 0 Å². The van der Waals surface area contributed by atoms with Gasteiger partial charge in [-0.15, -0.1) is 0 Å². The third-order valence-corrected chi connectivity index (χ3v) is 4.18. The van der Waals surface area contributed by atoms with Crippen molar-refractivity contribution in [1.29, 1.82) is 0 Å². The standard InChI is InChI=1S/C15H23N3/c1-12-2-3-13(11-16)15(10-12)18-8-6-17(7-9-18)14-4-5-14/h2-3,10,14H,4-9,11,16H2,1H3. The first-order valence-electron chi connectivity index (χ1n) is 7.06. The first kappa shape index (κ1) is 12.0. The monoisotopic (exact) mass is 245 g/mol. The molecule has 1 saturated heterocycles. The Hall–Kier alpha value is -1.06. The number of nitrogens with two attached hydrogens (primary N) is 1. The molecule has 0 aromatic heterocycles. The van der Waals surface area contributed by atoms with E-state index in [9.17, 15) is 0 Å². The Kier molecular flexibility index (Phi) is 3.27. The molecule has 3 rings (SSSR count). The van der Waals surface area contributed by atoms with Gasteiger partial charge >= 0.3 is 0 Å². The average molecular weight is 245 g/mol. The van der Waals surface area contributed by atoms with E-state index in [-0.39, 0.29) is 0 Å². The Morgan fingerprint density at radius 3 is 2.50 bits per heavy atom. The van der Waals surface area contributed by atoms with Gasteiger partial charge in [0, 0.05) is 44.5 Å². The molecule has 2 N–H and O–H groups in total. The van der Waals surface area contributed by atoms with E-state index in [0.29, 0.717) is 6.54 Å². The summed E-state index contributed by atoms with van der Waals surface area (Å²) >= 11 is 0. The first-order chi connectivity index (χ1) is 8.78. The summed E-state index contributed by atoms with van der Waals surface area (Å²) in [5.41, 5.74) is 9.81. The van der Waals surface area contributed by atoms with Crippen LogP contribution in [0, 0.1) is 6.92 Å². The summed E-state index contributed by atoms with van der Waals surface area (Å²) in [7, 11) is 0. The Morgan fingerprint density at radius 1 is 1.17 bits per heavy atom. The maximum Gasteiger partial charge on any atom is 0.0415 e. The third-order valence-electron chi connectivity index (χ3n) is 4.18. The Bertz CT molecular complexity index is 418. The minimum Gasteiger partial charge on any atom is -0.369 e. The van der Waals surface area contributed by atoms with Crippen molar-refractivity contribution in [1.82, 2.24) is 4.90 Å². The second kappa shape index (κ2) is 4.90. The van der Waals surface area contributed by atoms with Crippen LogP contribution in [0.25, 0.3) is 0 Å². The van der Waals surface area contributed by atoms with Crippen LogP contribution < -0.4 is 10.6 Å². The predicted octanol–water partition coefficient (Wildman–Crippen LogP) is 1.74. The van der Waals surface area contributed by atoms with E-state index in [0.717, 1.165) is 19.1 Å². The normalized spacial score (nSPS) is 21.3. The van der Waals surface area contributed by atoms with E-state index in [1.807, 2.05) is 0 Å². The molecule has 2 fully saturated rings. The summed E-state index contributed by atoms with van der Waals surface area (Å²) in [6.45, 7) is 7.51. The minimum absolute atomic E-state index is 0.637. The van der Waals surface area contributed by atoms with Crippen LogP contribution >= 0.6 is 0 Å². The van der Waals surface area contributed by atoms with Crippen LogP contribution in [0.15, 0.2) is 18.2 Å². The molecule has 1 heterocycles. The van der Waals surface area contributed by atoms with E-state index < -0.39 is 0 Å². The van der Waals surface area contributed by atoms with Crippen LogP contribution in [0.3, 0.4) is 0 Å². The molecule has 3 nitrogen and oxygen atoms in total. The van der Waals surface area contributed by atoms with Crippen molar-refractivity contribution in [2.45, 2.75) is 32.4 Å². The third kappa shape index (κ3) is 2.38. The molecule has 0 spiro atoms. The van der Waals surface area contributed by atoms with E-state index >= 15 is 0 Å². The van der Waals surface area contributed by atoms with Crippen molar-refractivity contribution in [3.05, 3.63) is 29.3 Å². The van der Waals surface area contributed by atoms with Gasteiger partial charge in [0.1, 0.15) is 0 Å². The smallest absolute Gasteiger partial charge is 0.0415 e. The largest absolute Gasteiger partial charge is 0.369 e. The minimum atomic E-state index is 0.637. The summed E-state index contributed by atoms with van der Waals surface area (Å²) in [5, 5.41) is 0. The average Bonchev–Trinajstić information content (AvgIpc) is 3.23. The lowest BCUT2D eigenvalue weighted by molar-refractivity contribution is 0.248. The van der Waals surface area contributed by atoms with Crippen LogP contribution in [-0.4, -0.2) is 37.1 Å². The number of rotatable bonds is 3. The lowest BCUT2D eigenvalue weighted by Gasteiger charge is -2.37. The van der Waals surface area contributed by atoms with Gasteiger partial charge in [0.05, 0.1) is 0 Å². The molecule has 0 radical (unpaired) electrons. The van der Waals surface area contributed by atoms with Crippen molar-refractivity contribution in [2.24, 2.45) is 5.73 Å². The molecule has 18 heavy (non-hydrogen) atoms. The first-order valence-corrected chi connectivity index (χ1v) is 7.06. The van der Waals surface area contributed by atoms with Crippen LogP contribution in [0.2, 0.25) is 0 Å². The lowest BCUT2D eigenvalue weighted by Crippen LogP contribution is -2.47. The Morgan fingerprint density at radius 2 is 1.89 bits per heavy atom. The van der Waals surface area contributed by atoms with Crippen molar-refractivity contribution in [3.63, 3.8) is 0 Å². The second-order valence-electron chi connectivity index (χ2n) is 5.59. The molecule has 0 atom stereocenters. The zero-order valence-corrected chi connectivity index (χ0v) is 11.2. The molecule has 3 heteroatoms. The molecule has 1 aromatic carbocycles. The van der Waals surface area contributed by atoms with Gasteiger partial charge < -0.3 is 10.6 Å². The number of benzene rings is 1. The van der Waals surface area contributed by atoms with Crippen LogP contribution in [-0.2, 0) is 6.54 Å². The number of hydrogen-bond donors (Lipinski definition) is 1. The Labute approximate surface area is 110 Å². The van der Waals surface area contributed by atoms with Gasteiger partial charge in [-0.3, -0.25) is 4.90 Å². The highest BCUT2D eigenvalue weighted by Gasteiger charge is 2.31. The van der Waals surface area contributed by atoms with Crippen molar-refractivity contribution >= 4 is 5.69 Å². The maximum atomic E-state index is 5.86. The fourth-order valence-electron chi connectivity index (χ4n) is 2.91. The molecule has 1 aromatic rings. The van der Waals surface area contributed by atoms with Gasteiger partial charge in [0.15, 0.2) is 0 Å². The number of nitrogens with zero attached hydrogens (tertiary/aromatic N) is 2. The van der Waals surface area contributed by atoms with Gasteiger partial charge in [0.25, 0.3) is 0 Å². The number of aryl methyl sites for hydroxylation is 1. The quantitative estimate of drug-likeness (QED) is 0.880. The summed E-state index contributed by atoms with van der Waals surface area (Å²) < 4.78 is 0. The molecule has 98 valence electrons. The van der Waals surface area contributed by atoms with E-state index in [4.69, 9.17) is 5.73 Å². The summed E-state index contributed by atoms with van der Waals surface area (Å²) in [6, 6.07) is 7.53. The molecule has 0 amide bonds. The fraction of sp³-hybridized carbons (Fsp3) is 0.600. The summed E-state index contributed by atoms with van der Waals surface area (Å²) in [5.74, 6) is 0. The molecular weight excluding hydrogens is 222 g/mol. The van der Waals surface area contributed by atoms with Crippen LogP contribution in [0.5, 0.6) is 0 Å². The predicted molar refractivity (Wildman–Crippen MR) is 75.9 cm³/mol. The number of hydrogen-bond acceptors (Lipinski definition) is 3. The molecule has 1 aliphatic heterocycles. The maximum absolute atomic E-state index is 5.86. The van der Waals surface area contributed by atoms with Crippen molar-refractivity contribution < 1.29 is 0 Å². The fourth-order valence-corrected chi connectivity index (χ4v) is 2.91. The molecule has 0 bridgehead atoms. The SMILES string of the molecule is Cc1ccc(CN)c(N2CCN(C3CC3)CC2)c1. The van der Waals surface area contributed by atoms with Gasteiger partial charge in [-0.25, -0.2) is 0 Å². The van der Waals surface area contributed by atoms with Gasteiger partial charge in [-0.05, 0) is 37.0 Å². The van der Waals surface area contributed by atoms with Crippen molar-refractivity contribution in [2.75, 3.05) is 31.1 Å². The lowest BCUT2D eigenvalue weighted by atomic mass is 10.1. The molecule has 2 aliphatic rings. The van der Waals surface area contributed by atoms with Crippen LogP contribution in [0.1, 0.15) is 24.0 Å². The Balaban J connectivity index is 1.72. The summed E-state index contributed by atoms with van der Waals surface area (Å²) in [4.78, 5) is 5.16. The van der Waals surface area contributed by atoms with Crippen LogP contribution in [0.4, 0.5) is 5.69 Å². The zero-order valence-electron chi connectivity index (χ0n) is 11.2. The highest BCUT2D eigenvalue weighted by molar-refractivity contribution is 5.55. The van der Waals surface area contributed by atoms with E-state index in [2.05, 4.69) is 34.9 Å². The van der Waals surface area contributed by atoms with Gasteiger partial charge in [-0.1, -0.05) is 12.1 Å². The van der Waals surface area contributed by atoms with E-state index in [1.165, 1.54) is 42.7 Å².